The third-order valence-electron chi connectivity index (χ3n) is 7.87. The normalized spacial score (nSPS) is 11.7. The number of ether oxygens (including phenoxy) is 14. The minimum absolute atomic E-state index is 0. The molecule has 360 valence electrons. The Balaban J connectivity index is 0.0000198. The summed E-state index contributed by atoms with van der Waals surface area (Å²) in [6.45, 7) is 9.82. The molecular formula is C40H66K2O20S2. The smallest absolute Gasteiger partial charge is 0.748 e. The van der Waals surface area contributed by atoms with E-state index in [2.05, 4.69) is 0 Å². The van der Waals surface area contributed by atoms with Crippen molar-refractivity contribution in [3.8, 4) is 11.5 Å². The summed E-state index contributed by atoms with van der Waals surface area (Å²) in [6.07, 6.45) is 0.340. The average Bonchev–Trinajstić information content (AvgIpc) is 3.23. The van der Waals surface area contributed by atoms with Crippen LogP contribution >= 0.6 is 0 Å². The van der Waals surface area contributed by atoms with Gasteiger partial charge in [0.1, 0.15) is 13.2 Å². The fraction of sp³-hybridized carbons (Fsp3) is 0.750. The minimum Gasteiger partial charge on any atom is -0.748 e. The van der Waals surface area contributed by atoms with Gasteiger partial charge in [0.2, 0.25) is 0 Å². The first-order valence-electron chi connectivity index (χ1n) is 20.7. The summed E-state index contributed by atoms with van der Waals surface area (Å²) in [7, 11) is -8.39. The second-order valence-electron chi connectivity index (χ2n) is 12.9. The van der Waals surface area contributed by atoms with Crippen molar-refractivity contribution in [2.45, 2.75) is 12.8 Å². The van der Waals surface area contributed by atoms with Crippen LogP contribution in [0.1, 0.15) is 12.8 Å². The molecule has 0 aliphatic heterocycles. The van der Waals surface area contributed by atoms with Crippen LogP contribution < -0.4 is 112 Å². The van der Waals surface area contributed by atoms with E-state index >= 15 is 0 Å². The Labute approximate surface area is 464 Å². The largest absolute Gasteiger partial charge is 1.00 e. The van der Waals surface area contributed by atoms with Crippen molar-refractivity contribution in [3.05, 3.63) is 36.4 Å². The van der Waals surface area contributed by atoms with E-state index in [1.807, 2.05) is 36.4 Å². The third kappa shape index (κ3) is 41.8. The van der Waals surface area contributed by atoms with Gasteiger partial charge < -0.3 is 75.4 Å². The van der Waals surface area contributed by atoms with Crippen LogP contribution in [0.4, 0.5) is 0 Å². The zero-order valence-corrected chi connectivity index (χ0v) is 45.5. The summed E-state index contributed by atoms with van der Waals surface area (Å²) in [5.74, 6) is 0.376. The molecule has 0 spiro atoms. The Morgan fingerprint density at radius 3 is 0.750 bits per heavy atom. The van der Waals surface area contributed by atoms with Gasteiger partial charge in [-0.25, -0.2) is 16.8 Å². The van der Waals surface area contributed by atoms with Gasteiger partial charge in [-0.2, -0.15) is 0 Å². The molecule has 2 rings (SSSR count). The molecule has 20 nitrogen and oxygen atoms in total. The SMILES string of the molecule is O=S(=O)([O-])CCCOCCOCCOCCOCCOCCOCCOc1cc2ccccc2cc1OCCOCCOCCOCCOCCOCCOCCCS(=O)(=O)[O-].[K+].[K+]. The summed E-state index contributed by atoms with van der Waals surface area (Å²) in [6, 6.07) is 11.9. The molecule has 0 atom stereocenters. The Bertz CT molecular complexity index is 1460. The van der Waals surface area contributed by atoms with Crippen LogP contribution in [0.2, 0.25) is 0 Å². The van der Waals surface area contributed by atoms with Crippen molar-refractivity contribution in [2.75, 3.05) is 183 Å². The topological polar surface area (TPSA) is 244 Å². The predicted octanol–water partition coefficient (Wildman–Crippen LogP) is -4.32. The Kier molecular flexibility index (Phi) is 45.7. The second-order valence-corrected chi connectivity index (χ2v) is 16.0. The number of fused-ring (bicyclic) bond motifs is 1. The molecule has 0 radical (unpaired) electrons. The Morgan fingerprint density at radius 1 is 0.328 bits per heavy atom. The van der Waals surface area contributed by atoms with E-state index in [9.17, 15) is 25.9 Å². The summed E-state index contributed by atoms with van der Waals surface area (Å²) >= 11 is 0. The van der Waals surface area contributed by atoms with E-state index in [0.717, 1.165) is 10.8 Å². The molecule has 0 fully saturated rings. The third-order valence-corrected chi connectivity index (χ3v) is 9.45. The first-order valence-corrected chi connectivity index (χ1v) is 23.9. The Hall–Kier alpha value is 0.913. The summed E-state index contributed by atoms with van der Waals surface area (Å²) in [5, 5.41) is 2.06. The molecule has 0 saturated carbocycles. The van der Waals surface area contributed by atoms with Crippen molar-refractivity contribution in [2.24, 2.45) is 0 Å². The molecule has 0 heterocycles. The van der Waals surface area contributed by atoms with E-state index in [-0.39, 0.29) is 129 Å². The van der Waals surface area contributed by atoms with E-state index in [0.29, 0.717) is 170 Å². The van der Waals surface area contributed by atoms with Gasteiger partial charge in [0.15, 0.2) is 11.5 Å². The summed E-state index contributed by atoms with van der Waals surface area (Å²) in [4.78, 5) is 0. The summed E-state index contributed by atoms with van der Waals surface area (Å²) in [5.41, 5.74) is 0. The van der Waals surface area contributed by atoms with E-state index < -0.39 is 31.7 Å². The first-order chi connectivity index (χ1) is 30.1. The molecular weight excluding hydrogens is 943 g/mol. The molecule has 64 heavy (non-hydrogen) atoms. The van der Waals surface area contributed by atoms with Gasteiger partial charge in [-0.15, -0.1) is 0 Å². The van der Waals surface area contributed by atoms with Crippen LogP contribution in [0.3, 0.4) is 0 Å². The molecule has 2 aromatic carbocycles. The maximum atomic E-state index is 10.5. The van der Waals surface area contributed by atoms with Crippen molar-refractivity contribution in [1.82, 2.24) is 0 Å². The van der Waals surface area contributed by atoms with Crippen LogP contribution in [0.15, 0.2) is 36.4 Å². The van der Waals surface area contributed by atoms with E-state index in [4.69, 9.17) is 66.3 Å². The number of benzene rings is 2. The van der Waals surface area contributed by atoms with E-state index in [1.54, 1.807) is 0 Å². The number of hydrogen-bond donors (Lipinski definition) is 0. The zero-order valence-electron chi connectivity index (χ0n) is 37.7. The van der Waals surface area contributed by atoms with Crippen LogP contribution in [-0.2, 0) is 77.1 Å². The maximum absolute atomic E-state index is 10.5. The van der Waals surface area contributed by atoms with Gasteiger partial charge in [0, 0.05) is 24.7 Å². The molecule has 24 heteroatoms. The molecule has 0 bridgehead atoms. The standard InChI is InChI=1S/C40H68O20S2.2K/c41-61(42,43)33-3-7-47-9-11-49-13-15-51-17-19-53-21-23-55-25-27-57-29-31-59-39-35-37-5-1-2-6-38(37)36-40(39)60-32-30-58-28-26-56-24-22-54-20-18-52-16-14-50-12-10-48-8-4-34-62(44,45)46;;/h1-2,5-6,35-36H,3-4,7-34H2,(H,41,42,43)(H,44,45,46);;/q;2*+1/p-2. The van der Waals surface area contributed by atoms with Crippen molar-refractivity contribution >= 4 is 31.0 Å². The second kappa shape index (κ2) is 45.1. The van der Waals surface area contributed by atoms with Crippen molar-refractivity contribution in [1.29, 1.82) is 0 Å². The van der Waals surface area contributed by atoms with Gasteiger partial charge in [0.25, 0.3) is 0 Å². The molecule has 0 saturated heterocycles. The first kappa shape index (κ1) is 64.9. The minimum atomic E-state index is -4.20. The maximum Gasteiger partial charge on any atom is 1.00 e. The van der Waals surface area contributed by atoms with Crippen molar-refractivity contribution < 1.29 is 195 Å². The predicted molar refractivity (Wildman–Crippen MR) is 223 cm³/mol. The fourth-order valence-corrected chi connectivity index (χ4v) is 5.87. The van der Waals surface area contributed by atoms with Gasteiger partial charge in [0.05, 0.1) is 166 Å². The molecule has 0 amide bonds. The number of hydrogen-bond acceptors (Lipinski definition) is 20. The van der Waals surface area contributed by atoms with E-state index in [1.165, 1.54) is 0 Å². The quantitative estimate of drug-likeness (QED) is 0.0346. The molecule has 0 N–H and O–H groups in total. The molecule has 0 aliphatic carbocycles. The molecule has 0 aromatic heterocycles. The van der Waals surface area contributed by atoms with Crippen LogP contribution in [0.5, 0.6) is 11.5 Å². The summed E-state index contributed by atoms with van der Waals surface area (Å²) < 4.78 is 140. The fourth-order valence-electron chi connectivity index (χ4n) is 4.92. The van der Waals surface area contributed by atoms with Crippen LogP contribution in [-0.4, -0.2) is 209 Å². The Morgan fingerprint density at radius 2 is 0.531 bits per heavy atom. The molecule has 2 aromatic rings. The van der Waals surface area contributed by atoms with Crippen molar-refractivity contribution in [3.63, 3.8) is 0 Å². The molecule has 0 aliphatic rings. The van der Waals surface area contributed by atoms with Gasteiger partial charge >= 0.3 is 103 Å². The van der Waals surface area contributed by atoms with Crippen LogP contribution in [0.25, 0.3) is 10.8 Å². The van der Waals surface area contributed by atoms with Gasteiger partial charge in [-0.1, -0.05) is 24.3 Å². The molecule has 0 unspecified atom stereocenters. The average molecular weight is 1010 g/mol. The number of rotatable bonds is 46. The zero-order chi connectivity index (χ0) is 44.7. The van der Waals surface area contributed by atoms with Gasteiger partial charge in [-0.05, 0) is 35.7 Å². The van der Waals surface area contributed by atoms with Crippen LogP contribution in [0, 0.1) is 0 Å². The van der Waals surface area contributed by atoms with Gasteiger partial charge in [-0.3, -0.25) is 0 Å². The monoisotopic (exact) mass is 1010 g/mol.